The number of hydrogen-bond acceptors (Lipinski definition) is 3. The zero-order valence-corrected chi connectivity index (χ0v) is 10.3. The quantitative estimate of drug-likeness (QED) is 0.780. The normalized spacial score (nSPS) is 10.7. The molecule has 2 N–H and O–H groups in total. The highest BCUT2D eigenvalue weighted by atomic mass is 19.1. The predicted octanol–water partition coefficient (Wildman–Crippen LogP) is 2.79. The number of nitrogens with zero attached hydrogens (tertiary/aromatic N) is 3. The lowest BCUT2D eigenvalue weighted by molar-refractivity contribution is 0.608. The highest BCUT2D eigenvalue weighted by molar-refractivity contribution is 5.70. The third-order valence-corrected chi connectivity index (χ3v) is 2.90. The van der Waals surface area contributed by atoms with Gasteiger partial charge in [0.2, 0.25) is 0 Å². The Labute approximate surface area is 113 Å². The summed E-state index contributed by atoms with van der Waals surface area (Å²) in [5.74, 6) is -0.606. The SMILES string of the molecule is Nc1c(-c2ccc(F)cc2)nnn1-c1ccccc1F. The van der Waals surface area contributed by atoms with Crippen LogP contribution in [0.5, 0.6) is 0 Å². The van der Waals surface area contributed by atoms with Gasteiger partial charge in [-0.05, 0) is 36.4 Å². The van der Waals surface area contributed by atoms with Crippen LogP contribution in [0.3, 0.4) is 0 Å². The molecular formula is C14H10F2N4. The van der Waals surface area contributed by atoms with Crippen LogP contribution >= 0.6 is 0 Å². The first-order valence-electron chi connectivity index (χ1n) is 5.89. The van der Waals surface area contributed by atoms with E-state index in [1.807, 2.05) is 0 Å². The minimum absolute atomic E-state index is 0.196. The topological polar surface area (TPSA) is 56.7 Å². The van der Waals surface area contributed by atoms with Crippen molar-refractivity contribution in [2.75, 3.05) is 5.73 Å². The number of nitrogen functional groups attached to an aromatic ring is 1. The number of para-hydroxylation sites is 1. The molecule has 0 spiro atoms. The Kier molecular flexibility index (Phi) is 2.90. The fourth-order valence-electron chi connectivity index (χ4n) is 1.90. The number of hydrogen-bond donors (Lipinski definition) is 1. The molecule has 0 saturated carbocycles. The Hall–Kier alpha value is -2.76. The molecule has 1 aromatic heterocycles. The molecule has 0 atom stereocenters. The Morgan fingerprint density at radius 1 is 0.950 bits per heavy atom. The summed E-state index contributed by atoms with van der Waals surface area (Å²) in [7, 11) is 0. The largest absolute Gasteiger partial charge is 0.382 e. The first kappa shape index (κ1) is 12.3. The summed E-state index contributed by atoms with van der Waals surface area (Å²) in [5, 5.41) is 7.79. The average molecular weight is 272 g/mol. The summed E-state index contributed by atoms with van der Waals surface area (Å²) in [5.41, 5.74) is 7.17. The summed E-state index contributed by atoms with van der Waals surface area (Å²) in [4.78, 5) is 0. The van der Waals surface area contributed by atoms with Crippen LogP contribution in [0.15, 0.2) is 48.5 Å². The van der Waals surface area contributed by atoms with E-state index in [1.165, 1.54) is 22.9 Å². The van der Waals surface area contributed by atoms with Crippen molar-refractivity contribution in [1.82, 2.24) is 15.0 Å². The minimum Gasteiger partial charge on any atom is -0.382 e. The average Bonchev–Trinajstić information content (AvgIpc) is 2.82. The van der Waals surface area contributed by atoms with Gasteiger partial charge in [-0.25, -0.2) is 8.78 Å². The second kappa shape index (κ2) is 4.73. The van der Waals surface area contributed by atoms with Crippen LogP contribution in [-0.2, 0) is 0 Å². The van der Waals surface area contributed by atoms with Crippen LogP contribution in [0.4, 0.5) is 14.6 Å². The molecule has 3 aromatic rings. The highest BCUT2D eigenvalue weighted by Gasteiger charge is 2.15. The molecule has 0 fully saturated rings. The molecule has 0 amide bonds. The Balaban J connectivity index is 2.09. The van der Waals surface area contributed by atoms with E-state index >= 15 is 0 Å². The molecule has 20 heavy (non-hydrogen) atoms. The molecular weight excluding hydrogens is 262 g/mol. The van der Waals surface area contributed by atoms with Crippen molar-refractivity contribution in [2.45, 2.75) is 0 Å². The van der Waals surface area contributed by atoms with Crippen molar-refractivity contribution in [1.29, 1.82) is 0 Å². The van der Waals surface area contributed by atoms with Crippen LogP contribution in [-0.4, -0.2) is 15.0 Å². The van der Waals surface area contributed by atoms with E-state index in [0.29, 0.717) is 11.3 Å². The molecule has 0 bridgehead atoms. The maximum Gasteiger partial charge on any atom is 0.156 e. The standard InChI is InChI=1S/C14H10F2N4/c15-10-7-5-9(6-8-10)13-14(17)20(19-18-13)12-4-2-1-3-11(12)16/h1-8H,17H2. The van der Waals surface area contributed by atoms with E-state index in [0.717, 1.165) is 0 Å². The highest BCUT2D eigenvalue weighted by Crippen LogP contribution is 2.26. The van der Waals surface area contributed by atoms with Crippen molar-refractivity contribution in [3.8, 4) is 16.9 Å². The van der Waals surface area contributed by atoms with Gasteiger partial charge in [0.15, 0.2) is 5.82 Å². The van der Waals surface area contributed by atoms with Crippen LogP contribution in [0.2, 0.25) is 0 Å². The zero-order chi connectivity index (χ0) is 14.1. The second-order valence-corrected chi connectivity index (χ2v) is 4.19. The predicted molar refractivity (Wildman–Crippen MR) is 71.1 cm³/mol. The lowest BCUT2D eigenvalue weighted by Crippen LogP contribution is -2.04. The number of halogens is 2. The van der Waals surface area contributed by atoms with Gasteiger partial charge in [-0.3, -0.25) is 0 Å². The van der Waals surface area contributed by atoms with Gasteiger partial charge in [-0.1, -0.05) is 17.3 Å². The van der Waals surface area contributed by atoms with Gasteiger partial charge in [0.1, 0.15) is 23.0 Å². The zero-order valence-electron chi connectivity index (χ0n) is 10.3. The van der Waals surface area contributed by atoms with Gasteiger partial charge in [-0.2, -0.15) is 4.68 Å². The van der Waals surface area contributed by atoms with E-state index in [1.54, 1.807) is 30.3 Å². The number of nitrogens with two attached hydrogens (primary N) is 1. The summed E-state index contributed by atoms with van der Waals surface area (Å²) >= 11 is 0. The van der Waals surface area contributed by atoms with Gasteiger partial charge >= 0.3 is 0 Å². The van der Waals surface area contributed by atoms with E-state index in [4.69, 9.17) is 5.73 Å². The molecule has 0 saturated heterocycles. The fraction of sp³-hybridized carbons (Fsp3) is 0. The van der Waals surface area contributed by atoms with Gasteiger partial charge < -0.3 is 5.73 Å². The Morgan fingerprint density at radius 2 is 1.65 bits per heavy atom. The third kappa shape index (κ3) is 2.01. The first-order chi connectivity index (χ1) is 9.66. The maximum atomic E-state index is 13.7. The molecule has 0 unspecified atom stereocenters. The number of benzene rings is 2. The number of aromatic nitrogens is 3. The molecule has 6 heteroatoms. The summed E-state index contributed by atoms with van der Waals surface area (Å²) in [6.45, 7) is 0. The smallest absolute Gasteiger partial charge is 0.156 e. The number of anilines is 1. The van der Waals surface area contributed by atoms with Crippen LogP contribution in [0.1, 0.15) is 0 Å². The molecule has 2 aromatic carbocycles. The molecule has 4 nitrogen and oxygen atoms in total. The van der Waals surface area contributed by atoms with Gasteiger partial charge in [0.25, 0.3) is 0 Å². The first-order valence-corrected chi connectivity index (χ1v) is 5.89. The lowest BCUT2D eigenvalue weighted by atomic mass is 10.1. The lowest BCUT2D eigenvalue weighted by Gasteiger charge is -2.04. The van der Waals surface area contributed by atoms with Crippen molar-refractivity contribution < 1.29 is 8.78 Å². The van der Waals surface area contributed by atoms with E-state index in [-0.39, 0.29) is 17.3 Å². The molecule has 0 aliphatic carbocycles. The van der Waals surface area contributed by atoms with Gasteiger partial charge in [0.05, 0.1) is 0 Å². The monoisotopic (exact) mass is 272 g/mol. The Morgan fingerprint density at radius 3 is 2.35 bits per heavy atom. The second-order valence-electron chi connectivity index (χ2n) is 4.19. The Bertz CT molecular complexity index is 750. The molecule has 0 aliphatic rings. The van der Waals surface area contributed by atoms with Gasteiger partial charge in [-0.15, -0.1) is 5.10 Å². The summed E-state index contributed by atoms with van der Waals surface area (Å²) in [6.07, 6.45) is 0. The summed E-state index contributed by atoms with van der Waals surface area (Å²) in [6, 6.07) is 11.8. The van der Waals surface area contributed by atoms with Crippen molar-refractivity contribution in [3.05, 3.63) is 60.2 Å². The molecule has 100 valence electrons. The van der Waals surface area contributed by atoms with E-state index < -0.39 is 5.82 Å². The molecule has 3 rings (SSSR count). The van der Waals surface area contributed by atoms with Crippen molar-refractivity contribution >= 4 is 5.82 Å². The van der Waals surface area contributed by atoms with Crippen LogP contribution in [0, 0.1) is 11.6 Å². The van der Waals surface area contributed by atoms with Crippen molar-refractivity contribution in [2.24, 2.45) is 0 Å². The fourth-order valence-corrected chi connectivity index (χ4v) is 1.90. The van der Waals surface area contributed by atoms with E-state index in [2.05, 4.69) is 10.3 Å². The van der Waals surface area contributed by atoms with E-state index in [9.17, 15) is 8.78 Å². The molecule has 0 radical (unpaired) electrons. The molecule has 1 heterocycles. The third-order valence-electron chi connectivity index (χ3n) is 2.90. The van der Waals surface area contributed by atoms with Crippen LogP contribution in [0.25, 0.3) is 16.9 Å². The van der Waals surface area contributed by atoms with Gasteiger partial charge in [0, 0.05) is 5.56 Å². The van der Waals surface area contributed by atoms with Crippen LogP contribution < -0.4 is 5.73 Å². The summed E-state index contributed by atoms with van der Waals surface area (Å²) < 4.78 is 27.8. The maximum absolute atomic E-state index is 13.7. The van der Waals surface area contributed by atoms with Crippen molar-refractivity contribution in [3.63, 3.8) is 0 Å². The molecule has 0 aliphatic heterocycles. The number of rotatable bonds is 2. The minimum atomic E-state index is -0.449.